The summed E-state index contributed by atoms with van der Waals surface area (Å²) in [7, 11) is 0. The molecule has 0 saturated carbocycles. The summed E-state index contributed by atoms with van der Waals surface area (Å²) in [6, 6.07) is 12.4. The van der Waals surface area contributed by atoms with E-state index in [4.69, 9.17) is 0 Å². The Morgan fingerprint density at radius 2 is 1.69 bits per heavy atom. The molecule has 2 aromatic carbocycles. The van der Waals surface area contributed by atoms with Gasteiger partial charge in [0, 0.05) is 36.2 Å². The van der Waals surface area contributed by atoms with E-state index in [1.165, 1.54) is 27.9 Å². The van der Waals surface area contributed by atoms with E-state index in [1.807, 2.05) is 12.1 Å². The quantitative estimate of drug-likeness (QED) is 0.374. The highest BCUT2D eigenvalue weighted by Crippen LogP contribution is 2.58. The van der Waals surface area contributed by atoms with Crippen LogP contribution in [0.5, 0.6) is 0 Å². The molecule has 0 saturated heterocycles. The number of fused-ring (bicyclic) bond motifs is 4. The van der Waals surface area contributed by atoms with Crippen LogP contribution in [0.15, 0.2) is 60.7 Å². The molecule has 6 rings (SSSR count). The summed E-state index contributed by atoms with van der Waals surface area (Å²) in [5, 5.41) is 11.1. The van der Waals surface area contributed by atoms with Crippen molar-refractivity contribution in [3.05, 3.63) is 93.1 Å². The largest absolute Gasteiger partial charge is 0.363 e. The zero-order valence-electron chi connectivity index (χ0n) is 16.5. The van der Waals surface area contributed by atoms with E-state index in [2.05, 4.69) is 48.3 Å². The molecule has 0 N–H and O–H groups in total. The highest BCUT2D eigenvalue weighted by molar-refractivity contribution is 5.70. The molecule has 0 radical (unpaired) electrons. The van der Waals surface area contributed by atoms with E-state index >= 15 is 0 Å². The Bertz CT molecular complexity index is 1050. The zero-order valence-corrected chi connectivity index (χ0v) is 16.5. The predicted molar refractivity (Wildman–Crippen MR) is 114 cm³/mol. The number of allylic oxidation sites excluding steroid dienone is 4. The second-order valence-corrected chi connectivity index (χ2v) is 9.04. The first-order valence-electron chi connectivity index (χ1n) is 10.6. The number of non-ortho nitro benzene ring substituents is 1. The molecule has 0 spiro atoms. The van der Waals surface area contributed by atoms with Crippen molar-refractivity contribution in [2.45, 2.75) is 37.6 Å². The monoisotopic (exact) mass is 384 g/mol. The molecule has 0 amide bonds. The molecule has 2 aliphatic carbocycles. The summed E-state index contributed by atoms with van der Waals surface area (Å²) in [6.45, 7) is 3.28. The lowest BCUT2D eigenvalue weighted by Crippen LogP contribution is -2.46. The Labute approximate surface area is 170 Å². The van der Waals surface area contributed by atoms with E-state index in [0.717, 1.165) is 19.4 Å². The molecule has 29 heavy (non-hydrogen) atoms. The lowest BCUT2D eigenvalue weighted by atomic mass is 9.70. The third-order valence-corrected chi connectivity index (χ3v) is 7.44. The average Bonchev–Trinajstić information content (AvgIpc) is 3.37. The number of nitro benzene ring substituents is 1. The van der Waals surface area contributed by atoms with Crippen LogP contribution in [0, 0.1) is 28.9 Å². The lowest BCUT2D eigenvalue weighted by Gasteiger charge is -2.51. The molecular weight excluding hydrogens is 360 g/mol. The van der Waals surface area contributed by atoms with Crippen LogP contribution in [0.1, 0.15) is 53.0 Å². The van der Waals surface area contributed by atoms with Crippen molar-refractivity contribution in [2.24, 2.45) is 11.8 Å². The molecule has 146 valence electrons. The molecule has 2 aliphatic heterocycles. The fourth-order valence-electron chi connectivity index (χ4n) is 6.30. The van der Waals surface area contributed by atoms with Gasteiger partial charge in [0.15, 0.2) is 0 Å². The molecule has 2 aromatic rings. The summed E-state index contributed by atoms with van der Waals surface area (Å²) in [5.41, 5.74) is 7.12. The van der Waals surface area contributed by atoms with Crippen LogP contribution in [0.2, 0.25) is 0 Å². The van der Waals surface area contributed by atoms with Gasteiger partial charge in [-0.05, 0) is 48.3 Å². The van der Waals surface area contributed by atoms with Gasteiger partial charge in [0.1, 0.15) is 0 Å². The van der Waals surface area contributed by atoms with Crippen molar-refractivity contribution >= 4 is 11.4 Å². The molecule has 4 heteroatoms. The van der Waals surface area contributed by atoms with E-state index in [0.29, 0.717) is 23.7 Å². The van der Waals surface area contributed by atoms with E-state index < -0.39 is 0 Å². The Balaban J connectivity index is 1.54. The van der Waals surface area contributed by atoms with Crippen molar-refractivity contribution in [2.75, 3.05) is 11.4 Å². The standard InChI is InChI=1S/C25H24N2O2/c1-15-12-22-19-5-2-4-17(19)14-26-24(16-8-10-18(11-9-16)27(28)29)21-7-3-6-20(21)23(13-15)25(22)26/h2-3,5-6,8-13,17,19-21,24H,4,7,14H2,1H3/t17-,19-,20+,21-,24-/m0/s1. The Kier molecular flexibility index (Phi) is 3.55. The van der Waals surface area contributed by atoms with Crippen molar-refractivity contribution in [1.29, 1.82) is 0 Å². The highest BCUT2D eigenvalue weighted by atomic mass is 16.6. The summed E-state index contributed by atoms with van der Waals surface area (Å²) in [4.78, 5) is 13.5. The maximum absolute atomic E-state index is 11.1. The Morgan fingerprint density at radius 3 is 2.45 bits per heavy atom. The van der Waals surface area contributed by atoms with Gasteiger partial charge in [0.05, 0.1) is 11.0 Å². The van der Waals surface area contributed by atoms with E-state index in [9.17, 15) is 10.1 Å². The van der Waals surface area contributed by atoms with Crippen LogP contribution >= 0.6 is 0 Å². The number of nitro groups is 1. The number of rotatable bonds is 2. The Hall–Kier alpha value is -2.88. The van der Waals surface area contributed by atoms with Crippen LogP contribution in [-0.4, -0.2) is 11.5 Å². The summed E-state index contributed by atoms with van der Waals surface area (Å²) >= 11 is 0. The van der Waals surface area contributed by atoms with Crippen molar-refractivity contribution in [1.82, 2.24) is 0 Å². The number of benzene rings is 2. The van der Waals surface area contributed by atoms with Gasteiger partial charge in [-0.2, -0.15) is 0 Å². The minimum absolute atomic E-state index is 0.168. The maximum Gasteiger partial charge on any atom is 0.269 e. The summed E-state index contributed by atoms with van der Waals surface area (Å²) in [5.74, 6) is 2.08. The number of nitrogens with zero attached hydrogens (tertiary/aromatic N) is 2. The van der Waals surface area contributed by atoms with Crippen molar-refractivity contribution < 1.29 is 4.92 Å². The maximum atomic E-state index is 11.1. The first kappa shape index (κ1) is 17.0. The molecule has 0 unspecified atom stereocenters. The fraction of sp³-hybridized carbons (Fsp3) is 0.360. The lowest BCUT2D eigenvalue weighted by molar-refractivity contribution is -0.384. The number of hydrogen-bond acceptors (Lipinski definition) is 3. The zero-order chi connectivity index (χ0) is 19.7. The minimum atomic E-state index is -0.309. The van der Waals surface area contributed by atoms with Gasteiger partial charge in [-0.1, -0.05) is 54.1 Å². The average molecular weight is 384 g/mol. The molecule has 0 fully saturated rings. The van der Waals surface area contributed by atoms with E-state index in [1.54, 1.807) is 12.1 Å². The first-order valence-corrected chi connectivity index (χ1v) is 10.6. The second kappa shape index (κ2) is 6.06. The number of anilines is 1. The van der Waals surface area contributed by atoms with Crippen molar-refractivity contribution in [3.63, 3.8) is 0 Å². The van der Waals surface area contributed by atoms with Crippen LogP contribution in [0.4, 0.5) is 11.4 Å². The first-order chi connectivity index (χ1) is 14.1. The van der Waals surface area contributed by atoms with Gasteiger partial charge >= 0.3 is 0 Å². The summed E-state index contributed by atoms with van der Waals surface area (Å²) < 4.78 is 0. The van der Waals surface area contributed by atoms with Crippen LogP contribution in [-0.2, 0) is 0 Å². The second-order valence-electron chi connectivity index (χ2n) is 9.04. The third kappa shape index (κ3) is 2.38. The fourth-order valence-corrected chi connectivity index (χ4v) is 6.30. The predicted octanol–water partition coefficient (Wildman–Crippen LogP) is 5.80. The van der Waals surface area contributed by atoms with Crippen LogP contribution < -0.4 is 4.90 Å². The normalized spacial score (nSPS) is 30.8. The Morgan fingerprint density at radius 1 is 1.00 bits per heavy atom. The molecule has 4 nitrogen and oxygen atoms in total. The van der Waals surface area contributed by atoms with Crippen LogP contribution in [0.25, 0.3) is 0 Å². The molecule has 0 bridgehead atoms. The van der Waals surface area contributed by atoms with Crippen LogP contribution in [0.3, 0.4) is 0 Å². The number of hydrogen-bond donors (Lipinski definition) is 0. The van der Waals surface area contributed by atoms with E-state index in [-0.39, 0.29) is 16.7 Å². The van der Waals surface area contributed by atoms with Gasteiger partial charge in [-0.25, -0.2) is 0 Å². The summed E-state index contributed by atoms with van der Waals surface area (Å²) in [6.07, 6.45) is 11.7. The molecule has 0 aromatic heterocycles. The highest BCUT2D eigenvalue weighted by Gasteiger charge is 2.47. The SMILES string of the molecule is Cc1cc2c3c(c1)[C@@H]1C=CC[C@@H]1[C@H](c1ccc([N+](=O)[O-])cc1)N3C[C@@H]1CC=C[C@H]21. The minimum Gasteiger partial charge on any atom is -0.363 e. The van der Waals surface area contributed by atoms with Crippen molar-refractivity contribution in [3.8, 4) is 0 Å². The number of aryl methyl sites for hydroxylation is 1. The topological polar surface area (TPSA) is 46.4 Å². The molecule has 4 aliphatic rings. The van der Waals surface area contributed by atoms with Gasteiger partial charge in [0.2, 0.25) is 0 Å². The van der Waals surface area contributed by atoms with Gasteiger partial charge < -0.3 is 4.90 Å². The van der Waals surface area contributed by atoms with Gasteiger partial charge in [-0.15, -0.1) is 0 Å². The smallest absolute Gasteiger partial charge is 0.269 e. The molecule has 2 heterocycles. The third-order valence-electron chi connectivity index (χ3n) is 7.44. The van der Waals surface area contributed by atoms with Gasteiger partial charge in [0.25, 0.3) is 5.69 Å². The van der Waals surface area contributed by atoms with Gasteiger partial charge in [-0.3, -0.25) is 10.1 Å². The molecular formula is C25H24N2O2. The molecule has 5 atom stereocenters.